The number of hydrogen-bond acceptors (Lipinski definition) is 2. The summed E-state index contributed by atoms with van der Waals surface area (Å²) in [6.45, 7) is 3.77. The maximum atomic E-state index is 11.8. The highest BCUT2D eigenvalue weighted by Gasteiger charge is 2.19. The Kier molecular flexibility index (Phi) is 4.52. The number of benzene rings is 1. The third kappa shape index (κ3) is 3.76. The van der Waals surface area contributed by atoms with Gasteiger partial charge >= 0.3 is 0 Å². The molecule has 1 aliphatic carbocycles. The summed E-state index contributed by atoms with van der Waals surface area (Å²) in [5.74, 6) is 1.35. The lowest BCUT2D eigenvalue weighted by atomic mass is 9.79. The van der Waals surface area contributed by atoms with Crippen molar-refractivity contribution in [3.05, 3.63) is 35.4 Å². The van der Waals surface area contributed by atoms with E-state index in [-0.39, 0.29) is 18.0 Å². The molecule has 102 valence electrons. The van der Waals surface area contributed by atoms with Crippen LogP contribution in [-0.2, 0) is 4.79 Å². The van der Waals surface area contributed by atoms with Gasteiger partial charge in [-0.1, -0.05) is 44.0 Å². The minimum atomic E-state index is -0.0738. The summed E-state index contributed by atoms with van der Waals surface area (Å²) in [7, 11) is 0. The second-order valence-corrected chi connectivity index (χ2v) is 5.88. The predicted molar refractivity (Wildman–Crippen MR) is 76.4 cm³/mol. The molecule has 0 spiro atoms. The van der Waals surface area contributed by atoms with Crippen LogP contribution in [0.5, 0.6) is 0 Å². The molecule has 0 heterocycles. The standard InChI is InChI=1S/C17H22O2/c1-12-3-5-14(6-4-12)15-7-9-16(10-8-15)17(19)11-13(2)18/h7-10,12,14H,3-6,11H2,1-2H3. The van der Waals surface area contributed by atoms with Crippen molar-refractivity contribution in [2.45, 2.75) is 51.9 Å². The van der Waals surface area contributed by atoms with Crippen LogP contribution >= 0.6 is 0 Å². The maximum absolute atomic E-state index is 11.8. The van der Waals surface area contributed by atoms with Gasteiger partial charge in [-0.05, 0) is 37.2 Å². The monoisotopic (exact) mass is 258 g/mol. The van der Waals surface area contributed by atoms with Crippen molar-refractivity contribution in [2.24, 2.45) is 5.92 Å². The van der Waals surface area contributed by atoms with Crippen molar-refractivity contribution in [1.29, 1.82) is 0 Å². The second kappa shape index (κ2) is 6.14. The molecule has 0 saturated heterocycles. The van der Waals surface area contributed by atoms with Crippen LogP contribution in [0.15, 0.2) is 24.3 Å². The van der Waals surface area contributed by atoms with Crippen molar-refractivity contribution in [3.63, 3.8) is 0 Å². The lowest BCUT2D eigenvalue weighted by Crippen LogP contribution is -2.11. The smallest absolute Gasteiger partial charge is 0.170 e. The zero-order valence-corrected chi connectivity index (χ0v) is 11.8. The Morgan fingerprint density at radius 3 is 2.16 bits per heavy atom. The molecule has 0 aromatic heterocycles. The van der Waals surface area contributed by atoms with E-state index in [0.717, 1.165) is 5.92 Å². The molecule has 1 aromatic carbocycles. The van der Waals surface area contributed by atoms with Crippen LogP contribution in [-0.4, -0.2) is 11.6 Å². The number of carbonyl (C=O) groups excluding carboxylic acids is 2. The summed E-state index contributed by atoms with van der Waals surface area (Å²) in [5.41, 5.74) is 1.99. The Labute approximate surface area is 115 Å². The highest BCUT2D eigenvalue weighted by atomic mass is 16.1. The number of carbonyl (C=O) groups is 2. The van der Waals surface area contributed by atoms with E-state index < -0.39 is 0 Å². The molecule has 0 N–H and O–H groups in total. The third-order valence-corrected chi connectivity index (χ3v) is 4.13. The van der Waals surface area contributed by atoms with Crippen molar-refractivity contribution < 1.29 is 9.59 Å². The van der Waals surface area contributed by atoms with E-state index in [1.165, 1.54) is 38.2 Å². The van der Waals surface area contributed by atoms with E-state index in [1.54, 1.807) is 0 Å². The van der Waals surface area contributed by atoms with Crippen LogP contribution in [0.4, 0.5) is 0 Å². The predicted octanol–water partition coefficient (Wildman–Crippen LogP) is 4.14. The van der Waals surface area contributed by atoms with Gasteiger partial charge in [-0.25, -0.2) is 0 Å². The first-order valence-electron chi connectivity index (χ1n) is 7.19. The first-order valence-corrected chi connectivity index (χ1v) is 7.19. The number of rotatable bonds is 4. The van der Waals surface area contributed by atoms with Gasteiger partial charge in [0.15, 0.2) is 5.78 Å². The molecule has 0 amide bonds. The van der Waals surface area contributed by atoms with Crippen LogP contribution in [0.1, 0.15) is 67.8 Å². The summed E-state index contributed by atoms with van der Waals surface area (Å²) in [5, 5.41) is 0. The molecule has 2 rings (SSSR count). The zero-order chi connectivity index (χ0) is 13.8. The van der Waals surface area contributed by atoms with Gasteiger partial charge in [-0.3, -0.25) is 9.59 Å². The Morgan fingerprint density at radius 2 is 1.63 bits per heavy atom. The number of ketones is 2. The molecule has 0 unspecified atom stereocenters. The molecule has 1 fully saturated rings. The van der Waals surface area contributed by atoms with Crippen LogP contribution < -0.4 is 0 Å². The normalized spacial score (nSPS) is 23.1. The van der Waals surface area contributed by atoms with Gasteiger partial charge in [0, 0.05) is 5.56 Å². The maximum Gasteiger partial charge on any atom is 0.170 e. The minimum Gasteiger partial charge on any atom is -0.300 e. The first kappa shape index (κ1) is 14.0. The Hall–Kier alpha value is -1.44. The molecule has 19 heavy (non-hydrogen) atoms. The van der Waals surface area contributed by atoms with Crippen molar-refractivity contribution in [1.82, 2.24) is 0 Å². The van der Waals surface area contributed by atoms with Gasteiger partial charge in [0.25, 0.3) is 0 Å². The molecular weight excluding hydrogens is 236 g/mol. The largest absolute Gasteiger partial charge is 0.300 e. The summed E-state index contributed by atoms with van der Waals surface area (Å²) in [6.07, 6.45) is 5.12. The fourth-order valence-electron chi connectivity index (χ4n) is 2.86. The quantitative estimate of drug-likeness (QED) is 0.600. The van der Waals surface area contributed by atoms with Crippen LogP contribution in [0.25, 0.3) is 0 Å². The van der Waals surface area contributed by atoms with E-state index in [2.05, 4.69) is 19.1 Å². The fraction of sp³-hybridized carbons (Fsp3) is 0.529. The van der Waals surface area contributed by atoms with Crippen molar-refractivity contribution in [2.75, 3.05) is 0 Å². The molecule has 0 atom stereocenters. The van der Waals surface area contributed by atoms with Gasteiger partial charge in [-0.2, -0.15) is 0 Å². The van der Waals surface area contributed by atoms with Gasteiger partial charge in [0.05, 0.1) is 6.42 Å². The van der Waals surface area contributed by atoms with Gasteiger partial charge in [0.2, 0.25) is 0 Å². The molecule has 2 nitrogen and oxygen atoms in total. The number of Topliss-reactive ketones (excluding diaryl/α,β-unsaturated/α-hetero) is 2. The third-order valence-electron chi connectivity index (χ3n) is 4.13. The molecule has 0 aliphatic heterocycles. The molecule has 1 aliphatic rings. The Morgan fingerprint density at radius 1 is 1.05 bits per heavy atom. The van der Waals surface area contributed by atoms with Gasteiger partial charge < -0.3 is 0 Å². The summed E-state index contributed by atoms with van der Waals surface area (Å²) in [4.78, 5) is 22.7. The highest BCUT2D eigenvalue weighted by Crippen LogP contribution is 2.35. The van der Waals surface area contributed by atoms with E-state index in [9.17, 15) is 9.59 Å². The molecule has 0 radical (unpaired) electrons. The Bertz CT molecular complexity index is 451. The summed E-state index contributed by atoms with van der Waals surface area (Å²) < 4.78 is 0. The summed E-state index contributed by atoms with van der Waals surface area (Å²) >= 11 is 0. The van der Waals surface area contributed by atoms with E-state index in [1.807, 2.05) is 12.1 Å². The fourth-order valence-corrected chi connectivity index (χ4v) is 2.86. The molecule has 0 bridgehead atoms. The van der Waals surface area contributed by atoms with Crippen molar-refractivity contribution in [3.8, 4) is 0 Å². The van der Waals surface area contributed by atoms with Crippen molar-refractivity contribution >= 4 is 11.6 Å². The molecule has 1 aromatic rings. The highest BCUT2D eigenvalue weighted by molar-refractivity contribution is 6.07. The van der Waals surface area contributed by atoms with Crippen LogP contribution in [0, 0.1) is 5.92 Å². The van der Waals surface area contributed by atoms with E-state index in [0.29, 0.717) is 11.5 Å². The summed E-state index contributed by atoms with van der Waals surface area (Å²) in [6, 6.07) is 7.87. The zero-order valence-electron chi connectivity index (χ0n) is 11.8. The van der Waals surface area contributed by atoms with Gasteiger partial charge in [0.1, 0.15) is 5.78 Å². The first-order chi connectivity index (χ1) is 9.06. The lowest BCUT2D eigenvalue weighted by Gasteiger charge is -2.26. The van der Waals surface area contributed by atoms with Crippen LogP contribution in [0.3, 0.4) is 0 Å². The molecule has 1 saturated carbocycles. The van der Waals surface area contributed by atoms with Crippen LogP contribution in [0.2, 0.25) is 0 Å². The average molecular weight is 258 g/mol. The second-order valence-electron chi connectivity index (χ2n) is 5.88. The topological polar surface area (TPSA) is 34.1 Å². The average Bonchev–Trinajstić information content (AvgIpc) is 2.39. The van der Waals surface area contributed by atoms with Gasteiger partial charge in [-0.15, -0.1) is 0 Å². The lowest BCUT2D eigenvalue weighted by molar-refractivity contribution is -0.116. The minimum absolute atomic E-state index is 0.0142. The number of hydrogen-bond donors (Lipinski definition) is 0. The molecular formula is C17H22O2. The SMILES string of the molecule is CC(=O)CC(=O)c1ccc(C2CCC(C)CC2)cc1. The Balaban J connectivity index is 2.02. The molecule has 2 heteroatoms. The van der Waals surface area contributed by atoms with E-state index >= 15 is 0 Å². The van der Waals surface area contributed by atoms with E-state index in [4.69, 9.17) is 0 Å².